The fourth-order valence-electron chi connectivity index (χ4n) is 1.84. The van der Waals surface area contributed by atoms with Crippen LogP contribution in [0.25, 0.3) is 0 Å². The van der Waals surface area contributed by atoms with E-state index in [0.717, 1.165) is 6.07 Å². The Labute approximate surface area is 126 Å². The number of furan rings is 1. The first-order chi connectivity index (χ1) is 10.5. The number of rotatable bonds is 6. The van der Waals surface area contributed by atoms with Crippen LogP contribution in [0.3, 0.4) is 0 Å². The molecule has 0 fully saturated rings. The summed E-state index contributed by atoms with van der Waals surface area (Å²) in [6, 6.07) is 5.95. The van der Waals surface area contributed by atoms with E-state index in [1.54, 1.807) is 19.1 Å². The maximum atomic E-state index is 13.7. The van der Waals surface area contributed by atoms with E-state index in [4.69, 9.17) is 10.2 Å². The van der Waals surface area contributed by atoms with E-state index in [0.29, 0.717) is 17.0 Å². The number of anilines is 1. The van der Waals surface area contributed by atoms with E-state index in [1.165, 1.54) is 12.3 Å². The van der Waals surface area contributed by atoms with Gasteiger partial charge in [-0.3, -0.25) is 9.59 Å². The summed E-state index contributed by atoms with van der Waals surface area (Å²) in [6.07, 6.45) is 1.52. The van der Waals surface area contributed by atoms with Crippen LogP contribution in [0.4, 0.5) is 10.1 Å². The first-order valence-corrected chi connectivity index (χ1v) is 6.60. The van der Waals surface area contributed by atoms with Crippen LogP contribution in [0.1, 0.15) is 21.7 Å². The fourth-order valence-corrected chi connectivity index (χ4v) is 1.84. The Morgan fingerprint density at radius 3 is 2.77 bits per heavy atom. The molecule has 0 aliphatic heterocycles. The van der Waals surface area contributed by atoms with E-state index in [2.05, 4.69) is 10.6 Å². The number of carbonyl (C=O) groups is 2. The number of hydrogen-bond donors (Lipinski definition) is 3. The molecule has 6 nitrogen and oxygen atoms in total. The molecule has 116 valence electrons. The van der Waals surface area contributed by atoms with Crippen LogP contribution in [0.15, 0.2) is 34.9 Å². The predicted molar refractivity (Wildman–Crippen MR) is 78.7 cm³/mol. The second-order valence-electron chi connectivity index (χ2n) is 4.70. The zero-order valence-corrected chi connectivity index (χ0v) is 12.0. The van der Waals surface area contributed by atoms with Crippen molar-refractivity contribution in [1.82, 2.24) is 5.32 Å². The monoisotopic (exact) mass is 305 g/mol. The van der Waals surface area contributed by atoms with E-state index < -0.39 is 11.7 Å². The molecule has 0 aliphatic carbocycles. The summed E-state index contributed by atoms with van der Waals surface area (Å²) >= 11 is 0. The maximum absolute atomic E-state index is 13.7. The molecule has 4 N–H and O–H groups in total. The van der Waals surface area contributed by atoms with Gasteiger partial charge in [-0.05, 0) is 31.2 Å². The quantitative estimate of drug-likeness (QED) is 0.754. The van der Waals surface area contributed by atoms with Crippen molar-refractivity contribution in [3.05, 3.63) is 53.2 Å². The molecule has 22 heavy (non-hydrogen) atoms. The van der Waals surface area contributed by atoms with Gasteiger partial charge in [-0.25, -0.2) is 4.39 Å². The molecule has 0 spiro atoms. The molecule has 1 heterocycles. The van der Waals surface area contributed by atoms with Crippen LogP contribution in [-0.4, -0.2) is 18.4 Å². The first-order valence-electron chi connectivity index (χ1n) is 6.60. The average molecular weight is 305 g/mol. The number of nitrogens with one attached hydrogen (secondary N) is 2. The molecular formula is C15H16FN3O3. The lowest BCUT2D eigenvalue weighted by Crippen LogP contribution is -2.29. The minimum atomic E-state index is -0.732. The Balaban J connectivity index is 1.95. The average Bonchev–Trinajstić information content (AvgIpc) is 2.99. The van der Waals surface area contributed by atoms with Crippen molar-refractivity contribution >= 4 is 17.5 Å². The van der Waals surface area contributed by atoms with Gasteiger partial charge in [0.1, 0.15) is 11.6 Å². The second kappa shape index (κ2) is 6.75. The molecule has 7 heteroatoms. The van der Waals surface area contributed by atoms with Crippen LogP contribution >= 0.6 is 0 Å². The number of halogens is 1. The number of carbonyl (C=O) groups excluding carboxylic acids is 2. The summed E-state index contributed by atoms with van der Waals surface area (Å²) in [4.78, 5) is 22.9. The molecule has 0 radical (unpaired) electrons. The van der Waals surface area contributed by atoms with Crippen LogP contribution < -0.4 is 16.4 Å². The third-order valence-electron chi connectivity index (χ3n) is 3.11. The Morgan fingerprint density at radius 2 is 2.14 bits per heavy atom. The summed E-state index contributed by atoms with van der Waals surface area (Å²) < 4.78 is 18.8. The molecule has 0 bridgehead atoms. The molecule has 0 saturated heterocycles. The highest BCUT2D eigenvalue weighted by Gasteiger charge is 2.11. The van der Waals surface area contributed by atoms with Crippen molar-refractivity contribution in [3.8, 4) is 0 Å². The number of benzene rings is 1. The highest BCUT2D eigenvalue weighted by Crippen LogP contribution is 2.20. The summed E-state index contributed by atoms with van der Waals surface area (Å²) in [6.45, 7) is 1.74. The molecule has 0 saturated carbocycles. The van der Waals surface area contributed by atoms with Crippen molar-refractivity contribution in [1.29, 1.82) is 0 Å². The molecule has 0 aliphatic rings. The Hall–Kier alpha value is -2.83. The van der Waals surface area contributed by atoms with Crippen molar-refractivity contribution in [2.45, 2.75) is 13.5 Å². The molecule has 0 atom stereocenters. The Morgan fingerprint density at radius 1 is 1.36 bits per heavy atom. The SMILES string of the molecule is Cc1c(F)cc(C(N)=O)cc1NCC(=O)NCc1ccco1. The van der Waals surface area contributed by atoms with Gasteiger partial charge in [-0.1, -0.05) is 0 Å². The van der Waals surface area contributed by atoms with Crippen molar-refractivity contribution in [3.63, 3.8) is 0 Å². The summed E-state index contributed by atoms with van der Waals surface area (Å²) in [7, 11) is 0. The normalized spacial score (nSPS) is 10.3. The summed E-state index contributed by atoms with van der Waals surface area (Å²) in [5.74, 6) is -0.953. The first kappa shape index (κ1) is 15.6. The van der Waals surface area contributed by atoms with Gasteiger partial charge in [0.15, 0.2) is 0 Å². The molecular weight excluding hydrogens is 289 g/mol. The molecule has 2 rings (SSSR count). The summed E-state index contributed by atoms with van der Waals surface area (Å²) in [5, 5.41) is 5.43. The van der Waals surface area contributed by atoms with Crippen LogP contribution in [-0.2, 0) is 11.3 Å². The number of hydrogen-bond acceptors (Lipinski definition) is 4. The third kappa shape index (κ3) is 3.85. The van der Waals surface area contributed by atoms with Gasteiger partial charge in [0.2, 0.25) is 11.8 Å². The van der Waals surface area contributed by atoms with Gasteiger partial charge in [0, 0.05) is 16.8 Å². The Kier molecular flexibility index (Phi) is 4.77. The second-order valence-corrected chi connectivity index (χ2v) is 4.70. The van der Waals surface area contributed by atoms with Gasteiger partial charge in [-0.15, -0.1) is 0 Å². The van der Waals surface area contributed by atoms with Crippen molar-refractivity contribution < 1.29 is 18.4 Å². The third-order valence-corrected chi connectivity index (χ3v) is 3.11. The zero-order valence-electron chi connectivity index (χ0n) is 12.0. The minimum Gasteiger partial charge on any atom is -0.467 e. The standard InChI is InChI=1S/C15H16FN3O3/c1-9-12(16)5-10(15(17)21)6-13(9)18-8-14(20)19-7-11-3-2-4-22-11/h2-6,18H,7-8H2,1H3,(H2,17,21)(H,19,20). The maximum Gasteiger partial charge on any atom is 0.248 e. The van der Waals surface area contributed by atoms with E-state index in [1.807, 2.05) is 0 Å². The number of amides is 2. The lowest BCUT2D eigenvalue weighted by Gasteiger charge is -2.11. The molecule has 0 unspecified atom stereocenters. The molecule has 2 amide bonds. The lowest BCUT2D eigenvalue weighted by atomic mass is 10.1. The molecule has 2 aromatic rings. The van der Waals surface area contributed by atoms with Crippen LogP contribution in [0.2, 0.25) is 0 Å². The fraction of sp³-hybridized carbons (Fsp3) is 0.200. The minimum absolute atomic E-state index is 0.0431. The molecule has 1 aromatic carbocycles. The molecule has 1 aromatic heterocycles. The Bertz CT molecular complexity index is 684. The largest absolute Gasteiger partial charge is 0.467 e. The smallest absolute Gasteiger partial charge is 0.248 e. The predicted octanol–water partition coefficient (Wildman–Crippen LogP) is 1.55. The van der Waals surface area contributed by atoms with Gasteiger partial charge < -0.3 is 20.8 Å². The van der Waals surface area contributed by atoms with Gasteiger partial charge in [-0.2, -0.15) is 0 Å². The van der Waals surface area contributed by atoms with Gasteiger partial charge >= 0.3 is 0 Å². The highest BCUT2D eigenvalue weighted by molar-refractivity contribution is 5.94. The van der Waals surface area contributed by atoms with Crippen LogP contribution in [0.5, 0.6) is 0 Å². The van der Waals surface area contributed by atoms with Gasteiger partial charge in [0.25, 0.3) is 0 Å². The number of nitrogens with two attached hydrogens (primary N) is 1. The number of primary amides is 1. The van der Waals surface area contributed by atoms with E-state index in [9.17, 15) is 14.0 Å². The lowest BCUT2D eigenvalue weighted by molar-refractivity contribution is -0.119. The van der Waals surface area contributed by atoms with E-state index in [-0.39, 0.29) is 24.6 Å². The highest BCUT2D eigenvalue weighted by atomic mass is 19.1. The van der Waals surface area contributed by atoms with Crippen molar-refractivity contribution in [2.75, 3.05) is 11.9 Å². The topological polar surface area (TPSA) is 97.4 Å². The zero-order chi connectivity index (χ0) is 16.1. The summed E-state index contributed by atoms with van der Waals surface area (Å²) in [5.41, 5.74) is 5.84. The van der Waals surface area contributed by atoms with E-state index >= 15 is 0 Å². The van der Waals surface area contributed by atoms with Crippen molar-refractivity contribution in [2.24, 2.45) is 5.73 Å². The van der Waals surface area contributed by atoms with Gasteiger partial charge in [0.05, 0.1) is 19.4 Å². The van der Waals surface area contributed by atoms with Crippen LogP contribution in [0, 0.1) is 12.7 Å².